The van der Waals surface area contributed by atoms with Gasteiger partial charge in [0.25, 0.3) is 0 Å². The van der Waals surface area contributed by atoms with Crippen molar-refractivity contribution in [1.29, 1.82) is 5.26 Å². The van der Waals surface area contributed by atoms with Gasteiger partial charge in [0.2, 0.25) is 5.91 Å². The van der Waals surface area contributed by atoms with Crippen LogP contribution in [-0.4, -0.2) is 31.7 Å². The molecule has 1 aliphatic carbocycles. The Kier molecular flexibility index (Phi) is 6.75. The van der Waals surface area contributed by atoms with E-state index in [1.54, 1.807) is 37.4 Å². The lowest BCUT2D eigenvalue weighted by Gasteiger charge is -2.32. The van der Waals surface area contributed by atoms with E-state index in [4.69, 9.17) is 13.9 Å². The SMILES string of the molecule is COc1ccc(NC(=O)CSC2=C(C#N)[C@H](c3ccco3)C3=C(CCCC3=O)N2)c(OC)c1. The molecule has 2 heterocycles. The molecule has 170 valence electrons. The number of benzene rings is 1. The van der Waals surface area contributed by atoms with Gasteiger partial charge in [-0.3, -0.25) is 9.59 Å². The number of hydrogen-bond donors (Lipinski definition) is 2. The van der Waals surface area contributed by atoms with Crippen molar-refractivity contribution in [2.45, 2.75) is 25.2 Å². The van der Waals surface area contributed by atoms with Gasteiger partial charge in [0.15, 0.2) is 5.78 Å². The molecule has 2 N–H and O–H groups in total. The maximum atomic E-state index is 12.7. The van der Waals surface area contributed by atoms with Gasteiger partial charge < -0.3 is 24.5 Å². The number of ketones is 1. The van der Waals surface area contributed by atoms with Gasteiger partial charge in [-0.15, -0.1) is 0 Å². The van der Waals surface area contributed by atoms with Crippen LogP contribution in [0.2, 0.25) is 0 Å². The summed E-state index contributed by atoms with van der Waals surface area (Å²) in [4.78, 5) is 25.4. The third-order valence-electron chi connectivity index (χ3n) is 5.52. The molecule has 4 rings (SSSR count). The Morgan fingerprint density at radius 3 is 2.85 bits per heavy atom. The first-order valence-corrected chi connectivity index (χ1v) is 11.4. The van der Waals surface area contributed by atoms with E-state index in [1.165, 1.54) is 25.1 Å². The van der Waals surface area contributed by atoms with Crippen LogP contribution in [0.15, 0.2) is 62.9 Å². The fourth-order valence-electron chi connectivity index (χ4n) is 4.00. The number of dihydropyridines is 1. The highest BCUT2D eigenvalue weighted by atomic mass is 32.2. The van der Waals surface area contributed by atoms with E-state index in [9.17, 15) is 14.9 Å². The number of thioether (sulfide) groups is 1. The number of nitrogens with zero attached hydrogens (tertiary/aromatic N) is 1. The van der Waals surface area contributed by atoms with Gasteiger partial charge in [0.1, 0.15) is 17.3 Å². The van der Waals surface area contributed by atoms with Crippen molar-refractivity contribution >= 4 is 29.1 Å². The monoisotopic (exact) mass is 465 g/mol. The highest BCUT2D eigenvalue weighted by Gasteiger charge is 2.38. The number of anilines is 1. The van der Waals surface area contributed by atoms with Crippen LogP contribution in [-0.2, 0) is 9.59 Å². The zero-order valence-electron chi connectivity index (χ0n) is 18.3. The van der Waals surface area contributed by atoms with Gasteiger partial charge in [-0.2, -0.15) is 5.26 Å². The van der Waals surface area contributed by atoms with E-state index in [0.717, 1.165) is 12.1 Å². The lowest BCUT2D eigenvalue weighted by atomic mass is 9.79. The average Bonchev–Trinajstić information content (AvgIpc) is 3.36. The Balaban J connectivity index is 1.55. The van der Waals surface area contributed by atoms with E-state index < -0.39 is 5.92 Å². The summed E-state index contributed by atoms with van der Waals surface area (Å²) < 4.78 is 16.1. The van der Waals surface area contributed by atoms with Crippen LogP contribution in [0.1, 0.15) is 30.9 Å². The highest BCUT2D eigenvalue weighted by Crippen LogP contribution is 2.44. The lowest BCUT2D eigenvalue weighted by molar-refractivity contribution is -0.116. The first kappa shape index (κ1) is 22.6. The number of amides is 1. The predicted molar refractivity (Wildman–Crippen MR) is 124 cm³/mol. The molecule has 1 aliphatic heterocycles. The molecule has 8 nitrogen and oxygen atoms in total. The van der Waals surface area contributed by atoms with Crippen LogP contribution in [0.5, 0.6) is 11.5 Å². The first-order chi connectivity index (χ1) is 16.0. The van der Waals surface area contributed by atoms with E-state index in [-0.39, 0.29) is 17.4 Å². The number of ether oxygens (including phenoxy) is 2. The van der Waals surface area contributed by atoms with E-state index in [1.807, 2.05) is 0 Å². The Morgan fingerprint density at radius 2 is 2.15 bits per heavy atom. The number of nitriles is 1. The molecule has 1 atom stereocenters. The van der Waals surface area contributed by atoms with Crippen molar-refractivity contribution in [2.75, 3.05) is 25.3 Å². The van der Waals surface area contributed by atoms with Gasteiger partial charge in [-0.1, -0.05) is 11.8 Å². The number of carbonyl (C=O) groups is 2. The average molecular weight is 466 g/mol. The fraction of sp³-hybridized carbons (Fsp3) is 0.292. The number of carbonyl (C=O) groups excluding carboxylic acids is 2. The quantitative estimate of drug-likeness (QED) is 0.628. The Hall–Kier alpha value is -3.64. The molecule has 2 aliphatic rings. The third kappa shape index (κ3) is 4.61. The molecule has 0 radical (unpaired) electrons. The number of allylic oxidation sites excluding steroid dienone is 3. The highest BCUT2D eigenvalue weighted by molar-refractivity contribution is 8.03. The van der Waals surface area contributed by atoms with Crippen molar-refractivity contribution in [3.63, 3.8) is 0 Å². The Bertz CT molecular complexity index is 1180. The molecule has 0 fully saturated rings. The largest absolute Gasteiger partial charge is 0.497 e. The van der Waals surface area contributed by atoms with Crippen molar-refractivity contribution in [2.24, 2.45) is 0 Å². The maximum Gasteiger partial charge on any atom is 0.234 e. The second-order valence-corrected chi connectivity index (χ2v) is 8.49. The molecule has 1 aromatic heterocycles. The molecular formula is C24H23N3O5S. The molecule has 0 saturated carbocycles. The molecule has 0 unspecified atom stereocenters. The summed E-state index contributed by atoms with van der Waals surface area (Å²) in [6, 6.07) is 10.9. The fourth-order valence-corrected chi connectivity index (χ4v) is 4.87. The molecule has 2 aromatic rings. The number of furan rings is 1. The van der Waals surface area contributed by atoms with Gasteiger partial charge in [-0.25, -0.2) is 0 Å². The summed E-state index contributed by atoms with van der Waals surface area (Å²) in [7, 11) is 3.07. The van der Waals surface area contributed by atoms with Crippen molar-refractivity contribution in [3.05, 3.63) is 64.2 Å². The molecule has 0 bridgehead atoms. The van der Waals surface area contributed by atoms with Gasteiger partial charge in [0, 0.05) is 23.8 Å². The van der Waals surface area contributed by atoms with Crippen LogP contribution >= 0.6 is 11.8 Å². The van der Waals surface area contributed by atoms with Crippen LogP contribution in [0.25, 0.3) is 0 Å². The number of nitrogens with one attached hydrogen (secondary N) is 2. The molecular weight excluding hydrogens is 442 g/mol. The predicted octanol–water partition coefficient (Wildman–Crippen LogP) is 4.10. The van der Waals surface area contributed by atoms with Gasteiger partial charge in [0.05, 0.1) is 54.5 Å². The summed E-state index contributed by atoms with van der Waals surface area (Å²) in [5.74, 6) is 0.890. The minimum atomic E-state index is -0.568. The zero-order chi connectivity index (χ0) is 23.4. The number of rotatable bonds is 7. The lowest BCUT2D eigenvalue weighted by Crippen LogP contribution is -2.31. The molecule has 1 amide bonds. The summed E-state index contributed by atoms with van der Waals surface area (Å²) in [5, 5.41) is 16.6. The smallest absolute Gasteiger partial charge is 0.234 e. The minimum absolute atomic E-state index is 0.0197. The summed E-state index contributed by atoms with van der Waals surface area (Å²) >= 11 is 1.22. The first-order valence-electron chi connectivity index (χ1n) is 10.4. The van der Waals surface area contributed by atoms with Crippen LogP contribution in [0, 0.1) is 11.3 Å². The molecule has 33 heavy (non-hydrogen) atoms. The third-order valence-corrected chi connectivity index (χ3v) is 6.54. The summed E-state index contributed by atoms with van der Waals surface area (Å²) in [5.41, 5.74) is 2.28. The summed E-state index contributed by atoms with van der Waals surface area (Å²) in [6.07, 6.45) is 3.43. The van der Waals surface area contributed by atoms with Crippen molar-refractivity contribution < 1.29 is 23.5 Å². The molecule has 0 saturated heterocycles. The number of hydrogen-bond acceptors (Lipinski definition) is 8. The topological polar surface area (TPSA) is 114 Å². The molecule has 1 aromatic carbocycles. The number of methoxy groups -OCH3 is 2. The minimum Gasteiger partial charge on any atom is -0.497 e. The van der Waals surface area contributed by atoms with E-state index in [2.05, 4.69) is 16.7 Å². The second kappa shape index (κ2) is 9.88. The second-order valence-electron chi connectivity index (χ2n) is 7.50. The van der Waals surface area contributed by atoms with Gasteiger partial charge >= 0.3 is 0 Å². The number of Topliss-reactive ketones (excluding diaryl/α,β-unsaturated/α-hetero) is 1. The van der Waals surface area contributed by atoms with Crippen molar-refractivity contribution in [1.82, 2.24) is 5.32 Å². The standard InChI is InChI=1S/C24H23N3O5S/c1-30-14-8-9-16(20(11-14)31-2)26-21(29)13-33-24-15(12-25)22(19-7-4-10-32-19)23-17(27-24)5-3-6-18(23)28/h4,7-11,22,27H,3,5-6,13H2,1-2H3,(H,26,29)/t22-/m1/s1. The Labute approximate surface area is 195 Å². The van der Waals surface area contributed by atoms with E-state index >= 15 is 0 Å². The normalized spacial score (nSPS) is 17.7. The van der Waals surface area contributed by atoms with Crippen LogP contribution < -0.4 is 20.1 Å². The Morgan fingerprint density at radius 1 is 1.30 bits per heavy atom. The van der Waals surface area contributed by atoms with Crippen molar-refractivity contribution in [3.8, 4) is 17.6 Å². The molecule has 9 heteroatoms. The maximum absolute atomic E-state index is 12.7. The zero-order valence-corrected chi connectivity index (χ0v) is 19.1. The van der Waals surface area contributed by atoms with Crippen LogP contribution in [0.3, 0.4) is 0 Å². The molecule has 0 spiro atoms. The van der Waals surface area contributed by atoms with E-state index in [0.29, 0.717) is 52.0 Å². The summed E-state index contributed by atoms with van der Waals surface area (Å²) in [6.45, 7) is 0. The van der Waals surface area contributed by atoms with Gasteiger partial charge in [-0.05, 0) is 37.1 Å². The van der Waals surface area contributed by atoms with Crippen LogP contribution in [0.4, 0.5) is 5.69 Å².